The minimum atomic E-state index is 0. The molecule has 0 unspecified atom stereocenters. The number of aromatic nitrogens is 1. The first-order chi connectivity index (χ1) is 12.3. The number of hydrogen-bond acceptors (Lipinski definition) is 5. The molecule has 1 aliphatic carbocycles. The molecule has 3 aliphatic rings. The molecule has 1 aromatic rings. The van der Waals surface area contributed by atoms with Crippen molar-refractivity contribution in [2.75, 3.05) is 31.1 Å². The Labute approximate surface area is 162 Å². The van der Waals surface area contributed by atoms with Crippen molar-refractivity contribution in [1.29, 1.82) is 5.26 Å². The summed E-state index contributed by atoms with van der Waals surface area (Å²) < 4.78 is 6.42. The fourth-order valence-electron chi connectivity index (χ4n) is 4.26. The summed E-state index contributed by atoms with van der Waals surface area (Å²) in [6.45, 7) is 4.43. The summed E-state index contributed by atoms with van der Waals surface area (Å²) >= 11 is 0. The van der Waals surface area contributed by atoms with Crippen LogP contribution in [0.2, 0.25) is 0 Å². The number of likely N-dealkylation sites (tertiary alicyclic amines) is 1. The second kappa shape index (κ2) is 9.03. The van der Waals surface area contributed by atoms with Crippen LogP contribution in [0.15, 0.2) is 18.3 Å². The first-order valence-electron chi connectivity index (χ1n) is 9.82. The van der Waals surface area contributed by atoms with Crippen LogP contribution in [-0.4, -0.2) is 54.3 Å². The largest absolute Gasteiger partial charge is 0.375 e. The standard InChI is InChI=1S/C20H28N4O.ClH/c21-14-16-4-5-20(22-15-16)24-12-8-19(9-13-24)25-18-6-10-23(11-7-18)17-2-1-3-17;/h4-5,15,17-19H,1-3,6-13H2;1H. The Morgan fingerprint density at radius 3 is 2.12 bits per heavy atom. The predicted molar refractivity (Wildman–Crippen MR) is 105 cm³/mol. The van der Waals surface area contributed by atoms with Gasteiger partial charge in [0.15, 0.2) is 0 Å². The maximum atomic E-state index is 8.87. The molecule has 4 rings (SSSR count). The van der Waals surface area contributed by atoms with E-state index in [0.29, 0.717) is 17.8 Å². The molecule has 26 heavy (non-hydrogen) atoms. The molecular weight excluding hydrogens is 348 g/mol. The van der Waals surface area contributed by atoms with Gasteiger partial charge >= 0.3 is 0 Å². The lowest BCUT2D eigenvalue weighted by atomic mass is 9.89. The van der Waals surface area contributed by atoms with Gasteiger partial charge in [0.05, 0.1) is 17.8 Å². The molecule has 1 saturated carbocycles. The van der Waals surface area contributed by atoms with Gasteiger partial charge < -0.3 is 14.5 Å². The molecule has 0 amide bonds. The van der Waals surface area contributed by atoms with Crippen molar-refractivity contribution in [1.82, 2.24) is 9.88 Å². The third-order valence-corrected chi connectivity index (χ3v) is 6.10. The van der Waals surface area contributed by atoms with Gasteiger partial charge in [0.1, 0.15) is 11.9 Å². The summed E-state index contributed by atoms with van der Waals surface area (Å²) in [5.41, 5.74) is 0.621. The highest BCUT2D eigenvalue weighted by atomic mass is 35.5. The van der Waals surface area contributed by atoms with E-state index < -0.39 is 0 Å². The quantitative estimate of drug-likeness (QED) is 0.806. The van der Waals surface area contributed by atoms with Crippen LogP contribution in [0, 0.1) is 11.3 Å². The smallest absolute Gasteiger partial charge is 0.128 e. The molecule has 0 aromatic carbocycles. The monoisotopic (exact) mass is 376 g/mol. The summed E-state index contributed by atoms with van der Waals surface area (Å²) in [5.74, 6) is 0.978. The average Bonchev–Trinajstić information content (AvgIpc) is 2.63. The maximum absolute atomic E-state index is 8.87. The Morgan fingerprint density at radius 1 is 0.962 bits per heavy atom. The molecule has 3 heterocycles. The number of ether oxygens (including phenoxy) is 1. The van der Waals surface area contributed by atoms with Gasteiger partial charge in [-0.1, -0.05) is 6.42 Å². The molecule has 2 aliphatic heterocycles. The SMILES string of the molecule is Cl.N#Cc1ccc(N2CCC(OC3CCN(C4CCC4)CC3)CC2)nc1. The van der Waals surface area contributed by atoms with E-state index in [1.54, 1.807) is 6.20 Å². The zero-order valence-electron chi connectivity index (χ0n) is 15.3. The lowest BCUT2D eigenvalue weighted by Crippen LogP contribution is -2.47. The van der Waals surface area contributed by atoms with E-state index in [0.717, 1.165) is 37.8 Å². The van der Waals surface area contributed by atoms with Crippen LogP contribution in [0.4, 0.5) is 5.82 Å². The second-order valence-electron chi connectivity index (χ2n) is 7.66. The Bertz CT molecular complexity index is 597. The van der Waals surface area contributed by atoms with Gasteiger partial charge in [0.25, 0.3) is 0 Å². The van der Waals surface area contributed by atoms with Crippen LogP contribution in [0.1, 0.15) is 50.5 Å². The fraction of sp³-hybridized carbons (Fsp3) is 0.700. The summed E-state index contributed by atoms with van der Waals surface area (Å²) in [4.78, 5) is 9.40. The van der Waals surface area contributed by atoms with Gasteiger partial charge in [-0.15, -0.1) is 12.4 Å². The van der Waals surface area contributed by atoms with Crippen molar-refractivity contribution in [3.05, 3.63) is 23.9 Å². The van der Waals surface area contributed by atoms with Crippen LogP contribution >= 0.6 is 12.4 Å². The molecule has 0 radical (unpaired) electrons. The van der Waals surface area contributed by atoms with Crippen LogP contribution in [-0.2, 0) is 4.74 Å². The van der Waals surface area contributed by atoms with E-state index in [1.807, 2.05) is 12.1 Å². The van der Waals surface area contributed by atoms with E-state index in [-0.39, 0.29) is 12.4 Å². The van der Waals surface area contributed by atoms with E-state index in [9.17, 15) is 0 Å². The maximum Gasteiger partial charge on any atom is 0.128 e. The normalized spacial score (nSPS) is 23.1. The number of halogens is 1. The predicted octanol–water partition coefficient (Wildman–Crippen LogP) is 3.38. The third-order valence-electron chi connectivity index (χ3n) is 6.10. The lowest BCUT2D eigenvalue weighted by molar-refractivity contribution is -0.0598. The Hall–Kier alpha value is -1.35. The van der Waals surface area contributed by atoms with E-state index in [4.69, 9.17) is 10.00 Å². The molecular formula is C20H29ClN4O. The summed E-state index contributed by atoms with van der Waals surface area (Å²) in [5, 5.41) is 8.87. The van der Waals surface area contributed by atoms with Crippen molar-refractivity contribution in [2.24, 2.45) is 0 Å². The van der Waals surface area contributed by atoms with Crippen molar-refractivity contribution in [3.63, 3.8) is 0 Å². The van der Waals surface area contributed by atoms with Gasteiger partial charge in [0.2, 0.25) is 0 Å². The number of piperidine rings is 2. The zero-order chi connectivity index (χ0) is 17.1. The van der Waals surface area contributed by atoms with Crippen LogP contribution < -0.4 is 4.90 Å². The molecule has 0 bridgehead atoms. The van der Waals surface area contributed by atoms with Gasteiger partial charge in [-0.25, -0.2) is 4.98 Å². The molecule has 0 spiro atoms. The Morgan fingerprint density at radius 2 is 1.62 bits per heavy atom. The van der Waals surface area contributed by atoms with Crippen molar-refractivity contribution >= 4 is 18.2 Å². The molecule has 5 nitrogen and oxygen atoms in total. The van der Waals surface area contributed by atoms with E-state index >= 15 is 0 Å². The third kappa shape index (κ3) is 4.49. The highest BCUT2D eigenvalue weighted by molar-refractivity contribution is 5.85. The van der Waals surface area contributed by atoms with Gasteiger partial charge in [-0.3, -0.25) is 0 Å². The van der Waals surface area contributed by atoms with Crippen LogP contribution in [0.5, 0.6) is 0 Å². The number of anilines is 1. The highest BCUT2D eigenvalue weighted by Crippen LogP contribution is 2.29. The average molecular weight is 377 g/mol. The Kier molecular flexibility index (Phi) is 6.74. The molecule has 0 N–H and O–H groups in total. The van der Waals surface area contributed by atoms with E-state index in [1.165, 1.54) is 45.2 Å². The minimum absolute atomic E-state index is 0. The zero-order valence-corrected chi connectivity index (χ0v) is 16.2. The van der Waals surface area contributed by atoms with Crippen molar-refractivity contribution in [2.45, 2.75) is 63.2 Å². The van der Waals surface area contributed by atoms with Gasteiger partial charge in [-0.2, -0.15) is 5.26 Å². The molecule has 142 valence electrons. The summed E-state index contributed by atoms with van der Waals surface area (Å²) in [6.07, 6.45) is 11.3. The fourth-order valence-corrected chi connectivity index (χ4v) is 4.26. The molecule has 3 fully saturated rings. The molecule has 0 atom stereocenters. The van der Waals surface area contributed by atoms with Gasteiger partial charge in [-0.05, 0) is 50.7 Å². The number of hydrogen-bond donors (Lipinski definition) is 0. The van der Waals surface area contributed by atoms with Crippen LogP contribution in [0.25, 0.3) is 0 Å². The molecule has 1 aromatic heterocycles. The summed E-state index contributed by atoms with van der Waals surface area (Å²) in [7, 11) is 0. The minimum Gasteiger partial charge on any atom is -0.375 e. The van der Waals surface area contributed by atoms with Crippen LogP contribution in [0.3, 0.4) is 0 Å². The molecule has 6 heteroatoms. The second-order valence-corrected chi connectivity index (χ2v) is 7.66. The first-order valence-corrected chi connectivity index (χ1v) is 9.82. The first kappa shape index (κ1) is 19.4. The lowest BCUT2D eigenvalue weighted by Gasteiger charge is -2.42. The number of nitrogens with zero attached hydrogens (tertiary/aromatic N) is 4. The van der Waals surface area contributed by atoms with Crippen molar-refractivity contribution in [3.8, 4) is 6.07 Å². The van der Waals surface area contributed by atoms with Gasteiger partial charge in [0, 0.05) is 38.4 Å². The van der Waals surface area contributed by atoms with E-state index in [2.05, 4.69) is 20.9 Å². The highest BCUT2D eigenvalue weighted by Gasteiger charge is 2.30. The molecule has 2 saturated heterocycles. The summed E-state index contributed by atoms with van der Waals surface area (Å²) in [6, 6.07) is 6.80. The number of nitriles is 1. The van der Waals surface area contributed by atoms with Crippen molar-refractivity contribution < 1.29 is 4.74 Å². The Balaban J connectivity index is 0.00000196. The topological polar surface area (TPSA) is 52.4 Å². The number of rotatable bonds is 4. The number of pyridine rings is 1.